The SMILES string of the molecule is Cn1ccc2c(B3OC(C)(C)C(C)(C)O3)cc(N3CCC(=O)NC3=O)cc21. The van der Waals surface area contributed by atoms with Gasteiger partial charge in [-0.15, -0.1) is 0 Å². The van der Waals surface area contributed by atoms with E-state index >= 15 is 0 Å². The summed E-state index contributed by atoms with van der Waals surface area (Å²) in [5, 5.41) is 3.40. The van der Waals surface area contributed by atoms with E-state index in [-0.39, 0.29) is 12.3 Å². The maximum atomic E-state index is 12.3. The highest BCUT2D eigenvalue weighted by Crippen LogP contribution is 2.37. The lowest BCUT2D eigenvalue weighted by molar-refractivity contribution is -0.120. The van der Waals surface area contributed by atoms with E-state index in [1.54, 1.807) is 4.90 Å². The van der Waals surface area contributed by atoms with E-state index in [1.165, 1.54) is 0 Å². The first kappa shape index (κ1) is 18.1. The minimum absolute atomic E-state index is 0.248. The Morgan fingerprint density at radius 2 is 1.78 bits per heavy atom. The van der Waals surface area contributed by atoms with Crippen LogP contribution in [0.4, 0.5) is 10.5 Å². The van der Waals surface area contributed by atoms with E-state index in [4.69, 9.17) is 9.31 Å². The van der Waals surface area contributed by atoms with Crippen LogP contribution in [0, 0.1) is 0 Å². The molecule has 1 N–H and O–H groups in total. The van der Waals surface area contributed by atoms with Gasteiger partial charge in [-0.3, -0.25) is 15.0 Å². The molecule has 142 valence electrons. The summed E-state index contributed by atoms with van der Waals surface area (Å²) in [5.41, 5.74) is 1.67. The Kier molecular flexibility index (Phi) is 3.91. The van der Waals surface area contributed by atoms with Gasteiger partial charge in [0, 0.05) is 37.4 Å². The van der Waals surface area contributed by atoms with Gasteiger partial charge in [0.05, 0.1) is 11.2 Å². The summed E-state index contributed by atoms with van der Waals surface area (Å²) in [6.07, 6.45) is 2.26. The molecule has 0 radical (unpaired) electrons. The monoisotopic (exact) mass is 369 g/mol. The molecule has 2 fully saturated rings. The zero-order valence-electron chi connectivity index (χ0n) is 16.3. The van der Waals surface area contributed by atoms with E-state index < -0.39 is 24.4 Å². The quantitative estimate of drug-likeness (QED) is 0.821. The van der Waals surface area contributed by atoms with Crippen LogP contribution in [0.15, 0.2) is 24.4 Å². The van der Waals surface area contributed by atoms with Crippen molar-refractivity contribution in [3.63, 3.8) is 0 Å². The minimum atomic E-state index is -0.533. The second-order valence-corrected chi connectivity index (χ2v) is 8.24. The lowest BCUT2D eigenvalue weighted by Gasteiger charge is -2.32. The zero-order valence-corrected chi connectivity index (χ0v) is 16.3. The van der Waals surface area contributed by atoms with Crippen LogP contribution in [-0.4, -0.2) is 41.4 Å². The normalized spacial score (nSPS) is 21.8. The van der Waals surface area contributed by atoms with Gasteiger partial charge in [0.25, 0.3) is 0 Å². The van der Waals surface area contributed by atoms with Gasteiger partial charge in [-0.25, -0.2) is 4.79 Å². The highest BCUT2D eigenvalue weighted by molar-refractivity contribution is 6.65. The summed E-state index contributed by atoms with van der Waals surface area (Å²) in [4.78, 5) is 25.4. The molecule has 2 saturated heterocycles. The average Bonchev–Trinajstić information content (AvgIpc) is 3.04. The molecule has 3 amide bonds. The molecular weight excluding hydrogens is 345 g/mol. The van der Waals surface area contributed by atoms with Crippen LogP contribution in [0.2, 0.25) is 0 Å². The van der Waals surface area contributed by atoms with Gasteiger partial charge in [-0.2, -0.15) is 0 Å². The molecule has 0 aliphatic carbocycles. The van der Waals surface area contributed by atoms with Crippen molar-refractivity contribution in [2.45, 2.75) is 45.3 Å². The number of amides is 3. The van der Waals surface area contributed by atoms with Gasteiger partial charge < -0.3 is 13.9 Å². The fourth-order valence-corrected chi connectivity index (χ4v) is 3.52. The molecule has 8 heteroatoms. The molecule has 7 nitrogen and oxygen atoms in total. The molecule has 0 unspecified atom stereocenters. The standard InChI is InChI=1S/C19H24BN3O4/c1-18(2)19(3,4)27-20(26-18)14-10-12(11-15-13(14)6-8-22(15)5)23-9-7-16(24)21-17(23)25/h6,8,10-11H,7,9H2,1-5H3,(H,21,24,25). The third-order valence-electron chi connectivity index (χ3n) is 5.89. The number of hydrogen-bond donors (Lipinski definition) is 1. The third kappa shape index (κ3) is 2.83. The number of aromatic nitrogens is 1. The highest BCUT2D eigenvalue weighted by atomic mass is 16.7. The van der Waals surface area contributed by atoms with Crippen molar-refractivity contribution in [1.82, 2.24) is 9.88 Å². The molecule has 2 aromatic rings. The number of fused-ring (bicyclic) bond motifs is 1. The minimum Gasteiger partial charge on any atom is -0.399 e. The molecule has 0 saturated carbocycles. The Morgan fingerprint density at radius 3 is 2.41 bits per heavy atom. The number of urea groups is 1. The second kappa shape index (κ2) is 5.84. The predicted molar refractivity (Wildman–Crippen MR) is 104 cm³/mol. The Labute approximate surface area is 158 Å². The second-order valence-electron chi connectivity index (χ2n) is 8.24. The first-order chi connectivity index (χ1) is 12.6. The summed E-state index contributed by atoms with van der Waals surface area (Å²) < 4.78 is 14.5. The smallest absolute Gasteiger partial charge is 0.399 e. The molecule has 2 aliphatic rings. The summed E-state index contributed by atoms with van der Waals surface area (Å²) in [7, 11) is 1.43. The summed E-state index contributed by atoms with van der Waals surface area (Å²) in [6, 6.07) is 5.51. The Balaban J connectivity index is 1.81. The number of rotatable bonds is 2. The van der Waals surface area contributed by atoms with Crippen LogP contribution in [0.3, 0.4) is 0 Å². The lowest BCUT2D eigenvalue weighted by Crippen LogP contribution is -2.50. The van der Waals surface area contributed by atoms with E-state index in [0.29, 0.717) is 6.54 Å². The Hall–Kier alpha value is -2.32. The van der Waals surface area contributed by atoms with E-state index in [1.807, 2.05) is 63.7 Å². The zero-order chi connectivity index (χ0) is 19.6. The van der Waals surface area contributed by atoms with Gasteiger partial charge in [0.1, 0.15) is 0 Å². The number of nitrogens with one attached hydrogen (secondary N) is 1. The fraction of sp³-hybridized carbons (Fsp3) is 0.474. The van der Waals surface area contributed by atoms with Gasteiger partial charge >= 0.3 is 13.1 Å². The van der Waals surface area contributed by atoms with E-state index in [0.717, 1.165) is 22.1 Å². The first-order valence-electron chi connectivity index (χ1n) is 9.15. The largest absolute Gasteiger partial charge is 0.495 e. The number of hydrogen-bond acceptors (Lipinski definition) is 4. The summed E-state index contributed by atoms with van der Waals surface area (Å²) in [6.45, 7) is 8.42. The number of carbonyl (C=O) groups is 2. The molecule has 0 bridgehead atoms. The topological polar surface area (TPSA) is 72.8 Å². The van der Waals surface area contributed by atoms with Crippen LogP contribution in [-0.2, 0) is 21.2 Å². The average molecular weight is 369 g/mol. The van der Waals surface area contributed by atoms with Crippen molar-refractivity contribution in [3.8, 4) is 0 Å². The highest BCUT2D eigenvalue weighted by Gasteiger charge is 2.52. The van der Waals surface area contributed by atoms with Gasteiger partial charge in [0.15, 0.2) is 0 Å². The molecule has 27 heavy (non-hydrogen) atoms. The maximum Gasteiger partial charge on any atom is 0.495 e. The lowest BCUT2D eigenvalue weighted by atomic mass is 9.76. The molecule has 1 aromatic carbocycles. The number of anilines is 1. The van der Waals surface area contributed by atoms with Crippen molar-refractivity contribution in [1.29, 1.82) is 0 Å². The Morgan fingerprint density at radius 1 is 1.11 bits per heavy atom. The van der Waals surface area contributed by atoms with E-state index in [2.05, 4.69) is 5.32 Å². The van der Waals surface area contributed by atoms with Crippen LogP contribution in [0.25, 0.3) is 10.9 Å². The van der Waals surface area contributed by atoms with E-state index in [9.17, 15) is 9.59 Å². The molecule has 2 aliphatic heterocycles. The fourth-order valence-electron chi connectivity index (χ4n) is 3.52. The van der Waals surface area contributed by atoms with Gasteiger partial charge in [-0.05, 0) is 56.7 Å². The third-order valence-corrected chi connectivity index (χ3v) is 5.89. The van der Waals surface area contributed by atoms with Crippen molar-refractivity contribution in [2.75, 3.05) is 11.4 Å². The molecule has 0 spiro atoms. The first-order valence-corrected chi connectivity index (χ1v) is 9.15. The number of imide groups is 1. The van der Waals surface area contributed by atoms with Crippen molar-refractivity contribution in [2.24, 2.45) is 7.05 Å². The van der Waals surface area contributed by atoms with Gasteiger partial charge in [-0.1, -0.05) is 0 Å². The van der Waals surface area contributed by atoms with Gasteiger partial charge in [0.2, 0.25) is 5.91 Å². The number of aryl methyl sites for hydroxylation is 1. The molecule has 3 heterocycles. The van der Waals surface area contributed by atoms with Crippen LogP contribution < -0.4 is 15.7 Å². The van der Waals surface area contributed by atoms with Crippen LogP contribution in [0.5, 0.6) is 0 Å². The van der Waals surface area contributed by atoms with Crippen molar-refractivity contribution >= 4 is 41.1 Å². The summed E-state index contributed by atoms with van der Waals surface area (Å²) >= 11 is 0. The molecule has 0 atom stereocenters. The summed E-state index contributed by atoms with van der Waals surface area (Å²) in [5.74, 6) is -0.248. The maximum absolute atomic E-state index is 12.3. The molecular formula is C19H24BN3O4. The van der Waals surface area contributed by atoms with Crippen molar-refractivity contribution in [3.05, 3.63) is 24.4 Å². The van der Waals surface area contributed by atoms with Crippen molar-refractivity contribution < 1.29 is 18.9 Å². The predicted octanol–water partition coefficient (Wildman–Crippen LogP) is 1.92. The number of benzene rings is 1. The van der Waals surface area contributed by atoms with Crippen LogP contribution >= 0.6 is 0 Å². The van der Waals surface area contributed by atoms with Crippen LogP contribution in [0.1, 0.15) is 34.1 Å². The Bertz CT molecular complexity index is 934. The number of nitrogens with zero attached hydrogens (tertiary/aromatic N) is 2. The number of carbonyl (C=O) groups excluding carboxylic acids is 2. The molecule has 4 rings (SSSR count). The molecule has 1 aromatic heterocycles.